The number of methoxy groups -OCH3 is 1. The smallest absolute Gasteiger partial charge is 0.278 e. The average molecular weight is 284 g/mol. The first-order valence-electron chi connectivity index (χ1n) is 7.33. The number of rotatable bonds is 4. The molecule has 0 unspecified atom stereocenters. The lowest BCUT2D eigenvalue weighted by Crippen LogP contribution is -2.27. The molecule has 21 heavy (non-hydrogen) atoms. The molecule has 4 nitrogen and oxygen atoms in total. The van der Waals surface area contributed by atoms with Crippen molar-refractivity contribution in [1.29, 1.82) is 0 Å². The summed E-state index contributed by atoms with van der Waals surface area (Å²) in [6.45, 7) is 4.61. The number of aromatic nitrogens is 2. The van der Waals surface area contributed by atoms with Gasteiger partial charge in [-0.3, -0.25) is 4.79 Å². The lowest BCUT2D eigenvalue weighted by molar-refractivity contribution is 0.401. The third-order valence-corrected chi connectivity index (χ3v) is 4.02. The van der Waals surface area contributed by atoms with Crippen molar-refractivity contribution in [2.24, 2.45) is 5.92 Å². The van der Waals surface area contributed by atoms with Crippen molar-refractivity contribution in [3.63, 3.8) is 0 Å². The molecule has 1 saturated carbocycles. The Labute approximate surface area is 124 Å². The van der Waals surface area contributed by atoms with Crippen LogP contribution in [-0.2, 0) is 6.54 Å². The fourth-order valence-corrected chi connectivity index (χ4v) is 2.69. The molecule has 3 rings (SSSR count). The van der Waals surface area contributed by atoms with Crippen LogP contribution in [0, 0.1) is 19.8 Å². The van der Waals surface area contributed by atoms with E-state index >= 15 is 0 Å². The van der Waals surface area contributed by atoms with Crippen LogP contribution in [0.3, 0.4) is 0 Å². The molecule has 1 fully saturated rings. The fourth-order valence-electron chi connectivity index (χ4n) is 2.69. The van der Waals surface area contributed by atoms with E-state index in [0.29, 0.717) is 23.8 Å². The Morgan fingerprint density at radius 3 is 2.62 bits per heavy atom. The minimum Gasteiger partial charge on any atom is -0.494 e. The van der Waals surface area contributed by atoms with Crippen molar-refractivity contribution < 1.29 is 4.74 Å². The van der Waals surface area contributed by atoms with E-state index in [4.69, 9.17) is 4.74 Å². The van der Waals surface area contributed by atoms with Crippen molar-refractivity contribution in [2.45, 2.75) is 33.2 Å². The van der Waals surface area contributed by atoms with Gasteiger partial charge in [-0.25, -0.2) is 4.68 Å². The highest BCUT2D eigenvalue weighted by Gasteiger charge is 2.25. The minimum atomic E-state index is -0.0568. The Kier molecular flexibility index (Phi) is 3.53. The first kappa shape index (κ1) is 13.9. The molecule has 0 aliphatic heterocycles. The van der Waals surface area contributed by atoms with E-state index < -0.39 is 0 Å². The summed E-state index contributed by atoms with van der Waals surface area (Å²) in [4.78, 5) is 12.8. The first-order chi connectivity index (χ1) is 10.1. The van der Waals surface area contributed by atoms with Gasteiger partial charge in [0, 0.05) is 6.54 Å². The molecule has 1 aliphatic rings. The van der Waals surface area contributed by atoms with Gasteiger partial charge in [-0.2, -0.15) is 5.10 Å². The summed E-state index contributed by atoms with van der Waals surface area (Å²) in [5.74, 6) is 1.19. The zero-order chi connectivity index (χ0) is 15.0. The number of hydrogen-bond donors (Lipinski definition) is 0. The molecular weight excluding hydrogens is 264 g/mol. The minimum absolute atomic E-state index is 0.0568. The van der Waals surface area contributed by atoms with Crippen LogP contribution in [-0.4, -0.2) is 16.9 Å². The summed E-state index contributed by atoms with van der Waals surface area (Å²) in [5, 5.41) is 4.42. The first-order valence-corrected chi connectivity index (χ1v) is 7.33. The fraction of sp³-hybridized carbons (Fsp3) is 0.412. The third-order valence-electron chi connectivity index (χ3n) is 4.02. The van der Waals surface area contributed by atoms with Crippen LogP contribution < -0.4 is 10.3 Å². The quantitative estimate of drug-likeness (QED) is 0.867. The molecule has 0 amide bonds. The molecule has 110 valence electrons. The standard InChI is InChI=1S/C17H20N2O2/c1-11-6-4-5-7-14(11)15-16(21-3)12(2)18-19(17(15)20)10-13-8-9-13/h4-7,13H,8-10H2,1-3H3. The Balaban J connectivity index is 2.23. The lowest BCUT2D eigenvalue weighted by Gasteiger charge is -2.15. The Hall–Kier alpha value is -2.10. The molecule has 0 N–H and O–H groups in total. The monoisotopic (exact) mass is 284 g/mol. The topological polar surface area (TPSA) is 44.1 Å². The van der Waals surface area contributed by atoms with Crippen molar-refractivity contribution in [3.05, 3.63) is 45.9 Å². The summed E-state index contributed by atoms with van der Waals surface area (Å²) in [6.07, 6.45) is 2.39. The zero-order valence-electron chi connectivity index (χ0n) is 12.7. The number of ether oxygens (including phenoxy) is 1. The molecule has 0 bridgehead atoms. The highest BCUT2D eigenvalue weighted by molar-refractivity contribution is 5.73. The summed E-state index contributed by atoms with van der Waals surface area (Å²) in [7, 11) is 1.59. The maximum absolute atomic E-state index is 12.8. The molecule has 2 aromatic rings. The van der Waals surface area contributed by atoms with Crippen LogP contribution in [0.5, 0.6) is 5.75 Å². The van der Waals surface area contributed by atoms with Gasteiger partial charge in [0.15, 0.2) is 5.75 Å². The number of aryl methyl sites for hydroxylation is 2. The van der Waals surface area contributed by atoms with E-state index in [1.165, 1.54) is 12.8 Å². The molecule has 0 saturated heterocycles. The largest absolute Gasteiger partial charge is 0.494 e. The van der Waals surface area contributed by atoms with Crippen LogP contribution >= 0.6 is 0 Å². The van der Waals surface area contributed by atoms with Gasteiger partial charge in [-0.15, -0.1) is 0 Å². The second-order valence-corrected chi connectivity index (χ2v) is 5.74. The van der Waals surface area contributed by atoms with E-state index in [9.17, 15) is 4.79 Å². The predicted molar refractivity (Wildman–Crippen MR) is 82.7 cm³/mol. The molecule has 1 heterocycles. The van der Waals surface area contributed by atoms with Gasteiger partial charge in [0.25, 0.3) is 5.56 Å². The van der Waals surface area contributed by atoms with Gasteiger partial charge in [-0.05, 0) is 43.7 Å². The van der Waals surface area contributed by atoms with Gasteiger partial charge < -0.3 is 4.74 Å². The van der Waals surface area contributed by atoms with Crippen LogP contribution in [0.4, 0.5) is 0 Å². The second-order valence-electron chi connectivity index (χ2n) is 5.74. The van der Waals surface area contributed by atoms with Crippen LogP contribution in [0.1, 0.15) is 24.1 Å². The lowest BCUT2D eigenvalue weighted by atomic mass is 10.0. The highest BCUT2D eigenvalue weighted by atomic mass is 16.5. The third kappa shape index (κ3) is 2.58. The summed E-state index contributed by atoms with van der Waals surface area (Å²) in [6, 6.07) is 7.90. The summed E-state index contributed by atoms with van der Waals surface area (Å²) in [5.41, 5.74) is 3.32. The summed E-state index contributed by atoms with van der Waals surface area (Å²) >= 11 is 0. The Bertz CT molecular complexity index is 730. The number of nitrogens with zero attached hydrogens (tertiary/aromatic N) is 2. The average Bonchev–Trinajstić information content (AvgIpc) is 3.27. The summed E-state index contributed by atoms with van der Waals surface area (Å²) < 4.78 is 7.07. The van der Waals surface area contributed by atoms with Gasteiger partial charge in [0.1, 0.15) is 5.69 Å². The van der Waals surface area contributed by atoms with Gasteiger partial charge in [-0.1, -0.05) is 24.3 Å². The van der Waals surface area contributed by atoms with E-state index in [0.717, 1.165) is 16.8 Å². The van der Waals surface area contributed by atoms with Gasteiger partial charge in [0.05, 0.1) is 12.7 Å². The van der Waals surface area contributed by atoms with E-state index in [2.05, 4.69) is 5.10 Å². The van der Waals surface area contributed by atoms with E-state index in [1.54, 1.807) is 11.8 Å². The molecule has 1 aromatic carbocycles. The molecule has 0 atom stereocenters. The molecule has 0 spiro atoms. The van der Waals surface area contributed by atoms with Crippen molar-refractivity contribution in [2.75, 3.05) is 7.11 Å². The highest BCUT2D eigenvalue weighted by Crippen LogP contribution is 2.33. The van der Waals surface area contributed by atoms with Crippen molar-refractivity contribution in [1.82, 2.24) is 9.78 Å². The second kappa shape index (κ2) is 5.35. The molecule has 1 aliphatic carbocycles. The van der Waals surface area contributed by atoms with Crippen molar-refractivity contribution >= 4 is 0 Å². The normalized spacial score (nSPS) is 14.2. The number of benzene rings is 1. The SMILES string of the molecule is COc1c(C)nn(CC2CC2)c(=O)c1-c1ccccc1C. The zero-order valence-corrected chi connectivity index (χ0v) is 12.7. The Morgan fingerprint density at radius 1 is 1.29 bits per heavy atom. The predicted octanol–water partition coefficient (Wildman–Crippen LogP) is 2.95. The van der Waals surface area contributed by atoms with Crippen LogP contribution in [0.25, 0.3) is 11.1 Å². The molecule has 4 heteroatoms. The molecule has 1 aromatic heterocycles. The van der Waals surface area contributed by atoms with Crippen LogP contribution in [0.15, 0.2) is 29.1 Å². The van der Waals surface area contributed by atoms with E-state index in [1.807, 2.05) is 38.1 Å². The maximum atomic E-state index is 12.8. The van der Waals surface area contributed by atoms with Crippen LogP contribution in [0.2, 0.25) is 0 Å². The maximum Gasteiger partial charge on any atom is 0.278 e. The molecular formula is C17H20N2O2. The molecule has 0 radical (unpaired) electrons. The van der Waals surface area contributed by atoms with Crippen molar-refractivity contribution in [3.8, 4) is 16.9 Å². The van der Waals surface area contributed by atoms with E-state index in [-0.39, 0.29) is 5.56 Å². The Morgan fingerprint density at radius 2 is 2.00 bits per heavy atom. The number of hydrogen-bond acceptors (Lipinski definition) is 3. The van der Waals surface area contributed by atoms with Gasteiger partial charge in [0.2, 0.25) is 0 Å². The van der Waals surface area contributed by atoms with Gasteiger partial charge >= 0.3 is 0 Å².